The van der Waals surface area contributed by atoms with Crippen molar-refractivity contribution >= 4 is 11.7 Å². The highest BCUT2D eigenvalue weighted by Crippen LogP contribution is 2.17. The smallest absolute Gasteiger partial charge is 0.274 e. The lowest BCUT2D eigenvalue weighted by molar-refractivity contribution is 0.0621. The molecule has 0 unspecified atom stereocenters. The highest BCUT2D eigenvalue weighted by molar-refractivity contribution is 5.92. The van der Waals surface area contributed by atoms with Crippen LogP contribution in [-0.2, 0) is 6.54 Å². The topological polar surface area (TPSA) is 52.6 Å². The maximum Gasteiger partial charge on any atom is 0.274 e. The largest absolute Gasteiger partial charge is 0.355 e. The van der Waals surface area contributed by atoms with Crippen molar-refractivity contribution in [1.29, 1.82) is 0 Å². The van der Waals surface area contributed by atoms with E-state index in [4.69, 9.17) is 0 Å². The van der Waals surface area contributed by atoms with Crippen molar-refractivity contribution in [2.75, 3.05) is 44.2 Å². The van der Waals surface area contributed by atoms with Gasteiger partial charge in [0.15, 0.2) is 11.5 Å². The number of hydrogen-bond acceptors (Lipinski definition) is 5. The van der Waals surface area contributed by atoms with Crippen LogP contribution in [0.25, 0.3) is 0 Å². The van der Waals surface area contributed by atoms with Crippen LogP contribution < -0.4 is 4.90 Å². The van der Waals surface area contributed by atoms with Crippen LogP contribution in [0.3, 0.4) is 0 Å². The number of carbonyl (C=O) groups excluding carboxylic acids is 1. The molecule has 2 aliphatic rings. The Morgan fingerprint density at radius 2 is 1.58 bits per heavy atom. The summed E-state index contributed by atoms with van der Waals surface area (Å²) in [6, 6.07) is 14.2. The molecule has 3 heterocycles. The summed E-state index contributed by atoms with van der Waals surface area (Å²) in [4.78, 5) is 19.2. The van der Waals surface area contributed by atoms with Crippen molar-refractivity contribution in [2.24, 2.45) is 0 Å². The average Bonchev–Trinajstić information content (AvgIpc) is 3.24. The predicted molar refractivity (Wildman–Crippen MR) is 101 cm³/mol. The van der Waals surface area contributed by atoms with Gasteiger partial charge in [-0.05, 0) is 30.5 Å². The second-order valence-electron chi connectivity index (χ2n) is 7.02. The van der Waals surface area contributed by atoms with Crippen molar-refractivity contribution in [3.05, 3.63) is 53.7 Å². The highest BCUT2D eigenvalue weighted by Gasteiger charge is 2.23. The van der Waals surface area contributed by atoms with E-state index in [2.05, 4.69) is 44.3 Å². The molecule has 0 atom stereocenters. The van der Waals surface area contributed by atoms with Gasteiger partial charge in [0.25, 0.3) is 5.91 Å². The lowest BCUT2D eigenvalue weighted by atomic mass is 10.2. The molecule has 0 spiro atoms. The van der Waals surface area contributed by atoms with Crippen LogP contribution in [0.5, 0.6) is 0 Å². The Morgan fingerprint density at radius 1 is 0.846 bits per heavy atom. The Bertz CT molecular complexity index is 720. The molecule has 2 saturated heterocycles. The SMILES string of the molecule is O=C(c1ccc(N2CCCC2)nn1)N1CCN(Cc2ccccc2)CC1. The predicted octanol–water partition coefficient (Wildman–Crippen LogP) is 2.03. The molecule has 1 amide bonds. The fourth-order valence-electron chi connectivity index (χ4n) is 3.67. The lowest BCUT2D eigenvalue weighted by Gasteiger charge is -2.34. The van der Waals surface area contributed by atoms with Crippen LogP contribution >= 0.6 is 0 Å². The van der Waals surface area contributed by atoms with Gasteiger partial charge in [-0.1, -0.05) is 30.3 Å². The van der Waals surface area contributed by atoms with Gasteiger partial charge < -0.3 is 9.80 Å². The summed E-state index contributed by atoms with van der Waals surface area (Å²) in [7, 11) is 0. The summed E-state index contributed by atoms with van der Waals surface area (Å²) in [5.41, 5.74) is 1.76. The van der Waals surface area contributed by atoms with Gasteiger partial charge in [-0.3, -0.25) is 9.69 Å². The molecule has 0 radical (unpaired) electrons. The second kappa shape index (κ2) is 7.83. The molecule has 6 nitrogen and oxygen atoms in total. The van der Waals surface area contributed by atoms with E-state index in [9.17, 15) is 4.79 Å². The molecule has 6 heteroatoms. The van der Waals surface area contributed by atoms with Gasteiger partial charge in [-0.15, -0.1) is 10.2 Å². The fourth-order valence-corrected chi connectivity index (χ4v) is 3.67. The molecular formula is C20H25N5O. The zero-order valence-electron chi connectivity index (χ0n) is 15.0. The number of amides is 1. The quantitative estimate of drug-likeness (QED) is 0.844. The number of rotatable bonds is 4. The van der Waals surface area contributed by atoms with E-state index in [-0.39, 0.29) is 5.91 Å². The maximum absolute atomic E-state index is 12.7. The Hall–Kier alpha value is -2.47. The van der Waals surface area contributed by atoms with E-state index in [1.54, 1.807) is 0 Å². The minimum Gasteiger partial charge on any atom is -0.355 e. The van der Waals surface area contributed by atoms with Crippen LogP contribution in [0.15, 0.2) is 42.5 Å². The number of benzene rings is 1. The molecule has 4 rings (SSSR count). The Balaban J connectivity index is 1.31. The molecule has 0 aliphatic carbocycles. The lowest BCUT2D eigenvalue weighted by Crippen LogP contribution is -2.48. The Morgan fingerprint density at radius 3 is 2.23 bits per heavy atom. The van der Waals surface area contributed by atoms with Gasteiger partial charge in [-0.2, -0.15) is 0 Å². The Labute approximate surface area is 154 Å². The summed E-state index contributed by atoms with van der Waals surface area (Å²) in [6.07, 6.45) is 2.41. The van der Waals surface area contributed by atoms with E-state index in [1.807, 2.05) is 23.1 Å². The normalized spacial score (nSPS) is 18.3. The molecule has 0 bridgehead atoms. The third-order valence-electron chi connectivity index (χ3n) is 5.21. The first kappa shape index (κ1) is 17.0. The number of nitrogens with zero attached hydrogens (tertiary/aromatic N) is 5. The number of piperazine rings is 1. The van der Waals surface area contributed by atoms with Gasteiger partial charge in [0.2, 0.25) is 0 Å². The molecule has 0 saturated carbocycles. The maximum atomic E-state index is 12.7. The summed E-state index contributed by atoms with van der Waals surface area (Å²) < 4.78 is 0. The van der Waals surface area contributed by atoms with Gasteiger partial charge >= 0.3 is 0 Å². The van der Waals surface area contributed by atoms with E-state index in [1.165, 1.54) is 18.4 Å². The second-order valence-corrected chi connectivity index (χ2v) is 7.02. The van der Waals surface area contributed by atoms with Crippen LogP contribution in [0.4, 0.5) is 5.82 Å². The zero-order chi connectivity index (χ0) is 17.8. The van der Waals surface area contributed by atoms with Crippen LogP contribution in [0, 0.1) is 0 Å². The first-order valence-corrected chi connectivity index (χ1v) is 9.44. The van der Waals surface area contributed by atoms with Gasteiger partial charge in [0.05, 0.1) is 0 Å². The van der Waals surface area contributed by atoms with Gasteiger partial charge in [-0.25, -0.2) is 0 Å². The molecule has 2 aliphatic heterocycles. The standard InChI is InChI=1S/C20H25N5O/c26-20(18-8-9-19(22-21-18)24-10-4-5-11-24)25-14-12-23(13-15-25)16-17-6-2-1-3-7-17/h1-3,6-9H,4-5,10-16H2. The monoisotopic (exact) mass is 351 g/mol. The number of aromatic nitrogens is 2. The highest BCUT2D eigenvalue weighted by atomic mass is 16.2. The number of carbonyl (C=O) groups is 1. The van der Waals surface area contributed by atoms with E-state index < -0.39 is 0 Å². The van der Waals surface area contributed by atoms with E-state index in [0.29, 0.717) is 5.69 Å². The van der Waals surface area contributed by atoms with E-state index in [0.717, 1.165) is 51.6 Å². The third-order valence-corrected chi connectivity index (χ3v) is 5.21. The van der Waals surface area contributed by atoms with Crippen LogP contribution in [0.2, 0.25) is 0 Å². The van der Waals surface area contributed by atoms with Gasteiger partial charge in [0.1, 0.15) is 0 Å². The summed E-state index contributed by atoms with van der Waals surface area (Å²) in [5.74, 6) is 0.872. The molecule has 0 N–H and O–H groups in total. The van der Waals surface area contributed by atoms with E-state index >= 15 is 0 Å². The molecule has 2 aromatic rings. The first-order chi connectivity index (χ1) is 12.8. The van der Waals surface area contributed by atoms with Crippen molar-refractivity contribution in [2.45, 2.75) is 19.4 Å². The van der Waals surface area contributed by atoms with Crippen molar-refractivity contribution < 1.29 is 4.79 Å². The molecule has 1 aromatic heterocycles. The Kier molecular flexibility index (Phi) is 5.11. The molecule has 136 valence electrons. The molecular weight excluding hydrogens is 326 g/mol. The molecule has 2 fully saturated rings. The molecule has 1 aromatic carbocycles. The number of anilines is 1. The number of hydrogen-bond donors (Lipinski definition) is 0. The van der Waals surface area contributed by atoms with Gasteiger partial charge in [0, 0.05) is 45.8 Å². The van der Waals surface area contributed by atoms with Crippen LogP contribution in [-0.4, -0.2) is 65.2 Å². The first-order valence-electron chi connectivity index (χ1n) is 9.44. The minimum absolute atomic E-state index is 0.00941. The fraction of sp³-hybridized carbons (Fsp3) is 0.450. The third kappa shape index (κ3) is 3.85. The summed E-state index contributed by atoms with van der Waals surface area (Å²) in [5, 5.41) is 8.45. The molecule has 26 heavy (non-hydrogen) atoms. The summed E-state index contributed by atoms with van der Waals surface area (Å²) >= 11 is 0. The average molecular weight is 351 g/mol. The van der Waals surface area contributed by atoms with Crippen LogP contribution in [0.1, 0.15) is 28.9 Å². The van der Waals surface area contributed by atoms with Crippen molar-refractivity contribution in [1.82, 2.24) is 20.0 Å². The zero-order valence-corrected chi connectivity index (χ0v) is 15.0. The minimum atomic E-state index is -0.00941. The van der Waals surface area contributed by atoms with Crippen molar-refractivity contribution in [3.8, 4) is 0 Å². The summed E-state index contributed by atoms with van der Waals surface area (Å²) in [6.45, 7) is 6.26. The van der Waals surface area contributed by atoms with Crippen molar-refractivity contribution in [3.63, 3.8) is 0 Å².